The number of aryl methyl sites for hydroxylation is 3. The Morgan fingerprint density at radius 2 is 2.21 bits per heavy atom. The van der Waals surface area contributed by atoms with E-state index in [-0.39, 0.29) is 11.9 Å². The highest BCUT2D eigenvalue weighted by atomic mass is 32.1. The van der Waals surface area contributed by atoms with Gasteiger partial charge in [-0.15, -0.1) is 11.3 Å². The number of fused-ring (bicyclic) bond motifs is 1. The molecule has 2 aromatic heterocycles. The molecule has 128 valence electrons. The number of carbonyl (C=O) groups excluding carboxylic acids is 1. The van der Waals surface area contributed by atoms with E-state index < -0.39 is 0 Å². The van der Waals surface area contributed by atoms with Crippen molar-refractivity contribution in [3.63, 3.8) is 0 Å². The first-order valence-electron chi connectivity index (χ1n) is 8.52. The Bertz CT molecular complexity index is 717. The van der Waals surface area contributed by atoms with E-state index in [2.05, 4.69) is 25.3 Å². The Morgan fingerprint density at radius 1 is 1.33 bits per heavy atom. The van der Waals surface area contributed by atoms with Crippen LogP contribution in [0.2, 0.25) is 0 Å². The van der Waals surface area contributed by atoms with Crippen LogP contribution in [-0.4, -0.2) is 39.0 Å². The summed E-state index contributed by atoms with van der Waals surface area (Å²) in [5.41, 5.74) is 1.17. The molecule has 0 aromatic carbocycles. The fourth-order valence-corrected chi connectivity index (χ4v) is 4.57. The highest BCUT2D eigenvalue weighted by Gasteiger charge is 2.31. The molecule has 2 aliphatic rings. The van der Waals surface area contributed by atoms with E-state index in [4.69, 9.17) is 4.52 Å². The Morgan fingerprint density at radius 3 is 3.00 bits per heavy atom. The number of anilines is 1. The fourth-order valence-electron chi connectivity index (χ4n) is 3.51. The van der Waals surface area contributed by atoms with Gasteiger partial charge < -0.3 is 9.84 Å². The van der Waals surface area contributed by atoms with Crippen LogP contribution in [0.5, 0.6) is 0 Å². The third kappa shape index (κ3) is 3.21. The molecule has 7 nitrogen and oxygen atoms in total. The number of aromatic nitrogens is 3. The molecule has 1 atom stereocenters. The normalized spacial score (nSPS) is 21.0. The van der Waals surface area contributed by atoms with E-state index in [9.17, 15) is 4.79 Å². The molecule has 1 aliphatic heterocycles. The van der Waals surface area contributed by atoms with Gasteiger partial charge >= 0.3 is 0 Å². The summed E-state index contributed by atoms with van der Waals surface area (Å²) in [6, 6.07) is 0.0673. The largest absolute Gasteiger partial charge is 0.340 e. The monoisotopic (exact) mass is 347 g/mol. The van der Waals surface area contributed by atoms with Crippen molar-refractivity contribution in [3.05, 3.63) is 22.3 Å². The molecule has 0 bridgehead atoms. The average Bonchev–Trinajstić information content (AvgIpc) is 3.25. The zero-order valence-corrected chi connectivity index (χ0v) is 14.6. The number of nitrogens with one attached hydrogen (secondary N) is 1. The molecule has 0 spiro atoms. The van der Waals surface area contributed by atoms with Crippen LogP contribution in [0, 0.1) is 6.92 Å². The van der Waals surface area contributed by atoms with Crippen molar-refractivity contribution in [2.24, 2.45) is 0 Å². The third-order valence-electron chi connectivity index (χ3n) is 4.64. The zero-order valence-electron chi connectivity index (χ0n) is 13.7. The predicted molar refractivity (Wildman–Crippen MR) is 90.0 cm³/mol. The molecule has 0 radical (unpaired) electrons. The lowest BCUT2D eigenvalue weighted by atomic mass is 10.0. The summed E-state index contributed by atoms with van der Waals surface area (Å²) in [4.78, 5) is 24.8. The van der Waals surface area contributed by atoms with E-state index in [1.165, 1.54) is 23.4 Å². The van der Waals surface area contributed by atoms with Gasteiger partial charge in [0, 0.05) is 11.8 Å². The van der Waals surface area contributed by atoms with Gasteiger partial charge in [-0.05, 0) is 45.1 Å². The lowest BCUT2D eigenvalue weighted by molar-refractivity contribution is -0.117. The highest BCUT2D eigenvalue weighted by Crippen LogP contribution is 2.31. The second-order valence-electron chi connectivity index (χ2n) is 6.44. The van der Waals surface area contributed by atoms with Gasteiger partial charge in [0.1, 0.15) is 0 Å². The molecule has 3 heterocycles. The van der Waals surface area contributed by atoms with Gasteiger partial charge in [-0.1, -0.05) is 5.16 Å². The maximum atomic E-state index is 12.4. The number of nitrogens with zero attached hydrogens (tertiary/aromatic N) is 4. The zero-order chi connectivity index (χ0) is 16.5. The smallest absolute Gasteiger partial charge is 0.240 e. The molecule has 1 fully saturated rings. The Labute approximate surface area is 144 Å². The van der Waals surface area contributed by atoms with Gasteiger partial charge in [0.15, 0.2) is 11.0 Å². The fraction of sp³-hybridized carbons (Fsp3) is 0.625. The number of amides is 1. The molecule has 8 heteroatoms. The summed E-state index contributed by atoms with van der Waals surface area (Å²) in [5.74, 6) is 1.23. The van der Waals surface area contributed by atoms with E-state index in [1.807, 2.05) is 0 Å². The van der Waals surface area contributed by atoms with E-state index >= 15 is 0 Å². The first-order chi connectivity index (χ1) is 11.7. The number of thiazole rings is 1. The molecular formula is C16H21N5O2S. The number of hydrogen-bond acceptors (Lipinski definition) is 7. The van der Waals surface area contributed by atoms with Crippen LogP contribution in [0.4, 0.5) is 5.13 Å². The van der Waals surface area contributed by atoms with Crippen LogP contribution < -0.4 is 5.32 Å². The molecule has 1 saturated heterocycles. The molecule has 24 heavy (non-hydrogen) atoms. The Hall–Kier alpha value is -1.80. The Balaban J connectivity index is 1.39. The van der Waals surface area contributed by atoms with Crippen LogP contribution in [0.3, 0.4) is 0 Å². The second-order valence-corrected chi connectivity index (χ2v) is 7.53. The predicted octanol–water partition coefficient (Wildman–Crippen LogP) is 2.49. The van der Waals surface area contributed by atoms with Gasteiger partial charge in [0.05, 0.1) is 18.3 Å². The van der Waals surface area contributed by atoms with Gasteiger partial charge in [0.25, 0.3) is 0 Å². The van der Waals surface area contributed by atoms with Crippen molar-refractivity contribution in [1.29, 1.82) is 0 Å². The van der Waals surface area contributed by atoms with Gasteiger partial charge in [-0.25, -0.2) is 4.98 Å². The summed E-state index contributed by atoms with van der Waals surface area (Å²) < 4.78 is 5.08. The summed E-state index contributed by atoms with van der Waals surface area (Å²) in [7, 11) is 0. The molecule has 1 aliphatic carbocycles. The van der Waals surface area contributed by atoms with Gasteiger partial charge in [0.2, 0.25) is 11.8 Å². The maximum Gasteiger partial charge on any atom is 0.240 e. The number of carbonyl (C=O) groups is 1. The lowest BCUT2D eigenvalue weighted by Gasteiger charge is -2.20. The van der Waals surface area contributed by atoms with Crippen LogP contribution in [-0.2, 0) is 17.6 Å². The minimum atomic E-state index is -0.0202. The standard InChI is InChI=1S/C16H21N5O2S/c1-10-17-15(20-23-10)12-6-4-8-21(12)9-14(22)19-16-18-11-5-2-3-7-13(11)24-16/h12H,2-9H2,1H3,(H,18,19,22). The van der Waals surface area contributed by atoms with Crippen molar-refractivity contribution in [1.82, 2.24) is 20.0 Å². The minimum Gasteiger partial charge on any atom is -0.340 e. The maximum absolute atomic E-state index is 12.4. The van der Waals surface area contributed by atoms with Crippen LogP contribution in [0.15, 0.2) is 4.52 Å². The van der Waals surface area contributed by atoms with Gasteiger partial charge in [-0.3, -0.25) is 9.69 Å². The molecule has 1 unspecified atom stereocenters. The van der Waals surface area contributed by atoms with Crippen LogP contribution in [0.1, 0.15) is 54.0 Å². The van der Waals surface area contributed by atoms with Crippen molar-refractivity contribution < 1.29 is 9.32 Å². The summed E-state index contributed by atoms with van der Waals surface area (Å²) >= 11 is 1.62. The van der Waals surface area contributed by atoms with Crippen LogP contribution in [0.25, 0.3) is 0 Å². The molecule has 2 aromatic rings. The van der Waals surface area contributed by atoms with E-state index in [0.717, 1.165) is 37.4 Å². The van der Waals surface area contributed by atoms with E-state index in [0.29, 0.717) is 18.3 Å². The first-order valence-corrected chi connectivity index (χ1v) is 9.33. The quantitative estimate of drug-likeness (QED) is 0.915. The second kappa shape index (κ2) is 6.60. The SMILES string of the molecule is Cc1nc(C2CCCN2CC(=O)Nc2nc3c(s2)CCCC3)no1. The average molecular weight is 347 g/mol. The third-order valence-corrected chi connectivity index (χ3v) is 5.72. The number of rotatable bonds is 4. The molecule has 1 N–H and O–H groups in total. The summed E-state index contributed by atoms with van der Waals surface area (Å²) in [6.07, 6.45) is 6.54. The van der Waals surface area contributed by atoms with Crippen molar-refractivity contribution in [2.75, 3.05) is 18.4 Å². The van der Waals surface area contributed by atoms with Crippen molar-refractivity contribution >= 4 is 22.4 Å². The number of likely N-dealkylation sites (tertiary alicyclic amines) is 1. The molecule has 0 saturated carbocycles. The minimum absolute atomic E-state index is 0.0202. The molecule has 1 amide bonds. The molecule has 4 rings (SSSR count). The molecular weight excluding hydrogens is 326 g/mol. The first kappa shape index (κ1) is 15.7. The van der Waals surface area contributed by atoms with Crippen molar-refractivity contribution in [3.8, 4) is 0 Å². The lowest BCUT2D eigenvalue weighted by Crippen LogP contribution is -2.33. The van der Waals surface area contributed by atoms with Crippen LogP contribution >= 0.6 is 11.3 Å². The topological polar surface area (TPSA) is 84.2 Å². The Kier molecular flexibility index (Phi) is 4.32. The van der Waals surface area contributed by atoms with Crippen molar-refractivity contribution in [2.45, 2.75) is 51.5 Å². The highest BCUT2D eigenvalue weighted by molar-refractivity contribution is 7.15. The summed E-state index contributed by atoms with van der Waals surface area (Å²) in [6.45, 7) is 3.00. The number of hydrogen-bond donors (Lipinski definition) is 1. The summed E-state index contributed by atoms with van der Waals surface area (Å²) in [5, 5.41) is 7.71. The van der Waals surface area contributed by atoms with Gasteiger partial charge in [-0.2, -0.15) is 4.98 Å². The van der Waals surface area contributed by atoms with E-state index in [1.54, 1.807) is 18.3 Å².